The fraction of sp³-hybridized carbons (Fsp3) is 0.571. The highest BCUT2D eigenvalue weighted by Gasteiger charge is 2.31. The molecule has 0 fully saturated rings. The number of hydrogen-bond donors (Lipinski definition) is 6. The van der Waals surface area contributed by atoms with Gasteiger partial charge in [-0.15, -0.1) is 0 Å². The molecule has 0 aliphatic rings. The van der Waals surface area contributed by atoms with Crippen LogP contribution < -0.4 is 18.9 Å². The first kappa shape index (κ1) is 66.9. The van der Waals surface area contributed by atoms with E-state index in [1.807, 2.05) is 0 Å². The number of rotatable bonds is 50. The zero-order valence-electron chi connectivity index (χ0n) is 45.2. The molecular formula is C56H82O22S. The maximum Gasteiger partial charge on any atom is 0.207 e. The second-order valence-electron chi connectivity index (χ2n) is 16.7. The van der Waals surface area contributed by atoms with Gasteiger partial charge in [0.2, 0.25) is 9.84 Å². The Morgan fingerprint density at radius 3 is 0.823 bits per heavy atom. The first-order chi connectivity index (χ1) is 38.8. The summed E-state index contributed by atoms with van der Waals surface area (Å²) in [5.74, 6) is 1.77. The molecule has 6 N–H and O–H groups in total. The van der Waals surface area contributed by atoms with Crippen molar-refractivity contribution in [3.63, 3.8) is 0 Å². The Kier molecular flexibility index (Phi) is 35.8. The van der Waals surface area contributed by atoms with Crippen LogP contribution in [0.4, 0.5) is 0 Å². The highest BCUT2D eigenvalue weighted by molar-refractivity contribution is 7.91. The van der Waals surface area contributed by atoms with Gasteiger partial charge in [0.25, 0.3) is 0 Å². The van der Waals surface area contributed by atoms with E-state index in [0.29, 0.717) is 82.8 Å². The highest BCUT2D eigenvalue weighted by atomic mass is 32.2. The number of benzene rings is 4. The first-order valence-corrected chi connectivity index (χ1v) is 28.0. The average Bonchev–Trinajstić information content (AvgIpc) is 3.53. The van der Waals surface area contributed by atoms with Crippen LogP contribution in [0.3, 0.4) is 0 Å². The molecule has 0 aliphatic heterocycles. The molecule has 0 saturated heterocycles. The number of aliphatic hydroxyl groups excluding tert-OH is 6. The van der Waals surface area contributed by atoms with Crippen molar-refractivity contribution in [2.45, 2.75) is 22.6 Å². The predicted molar refractivity (Wildman–Crippen MR) is 289 cm³/mol. The maximum atomic E-state index is 16.0. The van der Waals surface area contributed by atoms with Gasteiger partial charge in [-0.05, 0) is 59.7 Å². The number of ether oxygens (including phenoxy) is 14. The summed E-state index contributed by atoms with van der Waals surface area (Å²) in [6.07, 6.45) is 0.350. The Hall–Kier alpha value is -4.61. The van der Waals surface area contributed by atoms with Crippen molar-refractivity contribution in [2.24, 2.45) is 0 Å². The largest absolute Gasteiger partial charge is 0.491 e. The van der Waals surface area contributed by atoms with Crippen LogP contribution in [0.2, 0.25) is 0 Å². The molecule has 0 amide bonds. The normalized spacial score (nSPS) is 11.6. The van der Waals surface area contributed by atoms with E-state index in [1.54, 1.807) is 60.7 Å². The standard InChI is InChI=1S/C56H82O22S/c57-15-23-65-21-13-49-51(77-43-39-73-35-31-69-27-19-61)9-11-53(55(49)45-1-5-47(6-2-45)75-41-37-71-33-29-67-25-17-59)79(63,64)54-12-10-52(78-44-40-74-36-32-70-28-20-62)50(14-22-66-24-16-58)56(54)46-3-7-48(8-4-46)76-42-38-72-34-30-68-26-18-60/h1-12,57-62H,13-44H2. The molecule has 4 aromatic rings. The highest BCUT2D eigenvalue weighted by Crippen LogP contribution is 2.44. The Labute approximate surface area is 463 Å². The maximum absolute atomic E-state index is 16.0. The van der Waals surface area contributed by atoms with Gasteiger partial charge in [-0.3, -0.25) is 0 Å². The van der Waals surface area contributed by atoms with Crippen LogP contribution in [0, 0.1) is 0 Å². The molecule has 0 heterocycles. The van der Waals surface area contributed by atoms with Gasteiger partial charge >= 0.3 is 0 Å². The number of sulfone groups is 1. The van der Waals surface area contributed by atoms with Crippen LogP contribution >= 0.6 is 0 Å². The van der Waals surface area contributed by atoms with E-state index in [4.69, 9.17) is 86.7 Å². The number of hydrogen-bond acceptors (Lipinski definition) is 22. The second-order valence-corrected chi connectivity index (χ2v) is 18.6. The average molecular weight is 1140 g/mol. The molecule has 23 heteroatoms. The van der Waals surface area contributed by atoms with Crippen LogP contribution in [0.5, 0.6) is 23.0 Å². The minimum Gasteiger partial charge on any atom is -0.491 e. The monoisotopic (exact) mass is 1140 g/mol. The van der Waals surface area contributed by atoms with Gasteiger partial charge < -0.3 is 97.0 Å². The van der Waals surface area contributed by atoms with Crippen LogP contribution in [0.25, 0.3) is 22.3 Å². The van der Waals surface area contributed by atoms with Crippen LogP contribution in [-0.4, -0.2) is 237 Å². The summed E-state index contributed by atoms with van der Waals surface area (Å²) in [4.78, 5) is -0.0913. The zero-order valence-corrected chi connectivity index (χ0v) is 46.0. The SMILES string of the molecule is O=S(=O)(c1ccc(OCCOCCOCCO)c(CCOCCO)c1-c1ccc(OCCOCCOCCO)cc1)c1ccc(OCCOCCOCCO)c(CCOCCO)c1-c1ccc(OCCOCCOCCO)cc1. The van der Waals surface area contributed by atoms with Crippen molar-refractivity contribution < 1.29 is 105 Å². The Morgan fingerprint density at radius 2 is 0.532 bits per heavy atom. The smallest absolute Gasteiger partial charge is 0.207 e. The van der Waals surface area contributed by atoms with Crippen molar-refractivity contribution in [1.82, 2.24) is 0 Å². The molecule has 0 aliphatic carbocycles. The van der Waals surface area contributed by atoms with Crippen molar-refractivity contribution in [3.05, 3.63) is 83.9 Å². The van der Waals surface area contributed by atoms with Gasteiger partial charge in [0.1, 0.15) is 49.4 Å². The van der Waals surface area contributed by atoms with Crippen LogP contribution in [-0.2, 0) is 70.0 Å². The summed E-state index contributed by atoms with van der Waals surface area (Å²) in [7, 11) is -4.53. The fourth-order valence-electron chi connectivity index (χ4n) is 7.70. The summed E-state index contributed by atoms with van der Waals surface area (Å²) in [6.45, 7) is 4.23. The van der Waals surface area contributed by atoms with Crippen molar-refractivity contribution in [2.75, 3.05) is 198 Å². The first-order valence-electron chi connectivity index (χ1n) is 26.6. The van der Waals surface area contributed by atoms with Crippen LogP contribution in [0.1, 0.15) is 11.1 Å². The molecule has 4 rings (SSSR count). The lowest BCUT2D eigenvalue weighted by molar-refractivity contribution is 0.0246. The minimum absolute atomic E-state index is 0.0456. The quantitative estimate of drug-likeness (QED) is 0.0347. The second kappa shape index (κ2) is 42.3. The summed E-state index contributed by atoms with van der Waals surface area (Å²) >= 11 is 0. The summed E-state index contributed by atoms with van der Waals surface area (Å²) in [5, 5.41) is 55.2. The predicted octanol–water partition coefficient (Wildman–Crippen LogP) is 2.57. The van der Waals surface area contributed by atoms with E-state index in [0.717, 1.165) is 0 Å². The van der Waals surface area contributed by atoms with Gasteiger partial charge in [-0.2, -0.15) is 0 Å². The lowest BCUT2D eigenvalue weighted by Gasteiger charge is -2.23. The van der Waals surface area contributed by atoms with Gasteiger partial charge in [-0.1, -0.05) is 24.3 Å². The van der Waals surface area contributed by atoms with E-state index >= 15 is 8.42 Å². The van der Waals surface area contributed by atoms with E-state index in [9.17, 15) is 10.2 Å². The van der Waals surface area contributed by atoms with E-state index in [-0.39, 0.29) is 194 Å². The van der Waals surface area contributed by atoms with Gasteiger partial charge in [0.05, 0.1) is 182 Å². The van der Waals surface area contributed by atoms with E-state index in [2.05, 4.69) is 0 Å². The van der Waals surface area contributed by atoms with Gasteiger partial charge in [0.15, 0.2) is 0 Å². The topological polar surface area (TPSA) is 285 Å². The molecule has 444 valence electrons. The van der Waals surface area contributed by atoms with Crippen molar-refractivity contribution in [1.29, 1.82) is 0 Å². The van der Waals surface area contributed by atoms with Crippen molar-refractivity contribution in [3.8, 4) is 45.3 Å². The molecule has 22 nitrogen and oxygen atoms in total. The molecule has 0 saturated carbocycles. The molecule has 0 spiro atoms. The third-order valence-corrected chi connectivity index (χ3v) is 13.0. The summed E-state index contributed by atoms with van der Waals surface area (Å²) in [6, 6.07) is 20.3. The third-order valence-electron chi connectivity index (χ3n) is 11.2. The molecule has 0 unspecified atom stereocenters. The molecule has 0 aromatic heterocycles. The molecule has 0 atom stereocenters. The van der Waals surface area contributed by atoms with Crippen LogP contribution in [0.15, 0.2) is 82.6 Å². The zero-order chi connectivity index (χ0) is 56.4. The lowest BCUT2D eigenvalue weighted by Crippen LogP contribution is -2.15. The molecule has 0 bridgehead atoms. The lowest BCUT2D eigenvalue weighted by atomic mass is 9.96. The summed E-state index contributed by atoms with van der Waals surface area (Å²) in [5.41, 5.74) is 2.75. The van der Waals surface area contributed by atoms with Gasteiger partial charge in [-0.25, -0.2) is 8.42 Å². The molecule has 4 aromatic carbocycles. The molecule has 0 radical (unpaired) electrons. The third kappa shape index (κ3) is 25.4. The fourth-order valence-corrected chi connectivity index (χ4v) is 9.45. The minimum atomic E-state index is -4.53. The molecular weight excluding hydrogens is 1060 g/mol. The molecule has 79 heavy (non-hydrogen) atoms. The Bertz CT molecular complexity index is 2130. The Morgan fingerprint density at radius 1 is 0.278 bits per heavy atom. The Balaban J connectivity index is 1.85. The van der Waals surface area contributed by atoms with Crippen molar-refractivity contribution >= 4 is 9.84 Å². The summed E-state index contributed by atoms with van der Waals surface area (Å²) < 4.78 is 112. The van der Waals surface area contributed by atoms with Gasteiger partial charge in [0, 0.05) is 35.1 Å². The van der Waals surface area contributed by atoms with E-state index < -0.39 is 9.84 Å². The van der Waals surface area contributed by atoms with E-state index in [1.165, 1.54) is 12.1 Å². The number of aliphatic hydroxyl groups is 6.